The maximum absolute atomic E-state index is 14.6. The van der Waals surface area contributed by atoms with E-state index in [4.69, 9.17) is 10.5 Å². The van der Waals surface area contributed by atoms with Crippen LogP contribution in [0.25, 0.3) is 0 Å². The zero-order valence-electron chi connectivity index (χ0n) is 25.0. The number of rotatable bonds is 11. The summed E-state index contributed by atoms with van der Waals surface area (Å²) in [6, 6.07) is 13.7. The van der Waals surface area contributed by atoms with Gasteiger partial charge in [-0.2, -0.15) is 0 Å². The van der Waals surface area contributed by atoms with E-state index in [1.54, 1.807) is 35.2 Å². The minimum atomic E-state index is -3.37. The first-order chi connectivity index (χ1) is 21.9. The van der Waals surface area contributed by atoms with Gasteiger partial charge in [0.25, 0.3) is 0 Å². The summed E-state index contributed by atoms with van der Waals surface area (Å²) >= 11 is -0.304. The van der Waals surface area contributed by atoms with E-state index in [1.165, 1.54) is 11.3 Å². The van der Waals surface area contributed by atoms with Crippen molar-refractivity contribution in [3.05, 3.63) is 93.8 Å². The number of aryl methyl sites for hydroxylation is 1. The molecule has 46 heavy (non-hydrogen) atoms. The van der Waals surface area contributed by atoms with Crippen LogP contribution in [-0.4, -0.2) is 70.0 Å². The molecule has 1 atom stereocenters. The molecule has 1 aliphatic heterocycles. The number of halogens is 2. The number of amides is 2. The van der Waals surface area contributed by atoms with Crippen molar-refractivity contribution in [2.75, 3.05) is 29.0 Å². The Kier molecular flexibility index (Phi) is 10.4. The number of hydrogen-bond donors (Lipinski definition) is 2. The molecule has 1 saturated heterocycles. The fraction of sp³-hybridized carbons (Fsp3) is 0.258. The molecule has 3 heterocycles. The van der Waals surface area contributed by atoms with E-state index in [-0.39, 0.29) is 15.1 Å². The van der Waals surface area contributed by atoms with Gasteiger partial charge in [-0.1, -0.05) is 0 Å². The van der Waals surface area contributed by atoms with Crippen molar-refractivity contribution in [1.29, 1.82) is 0 Å². The predicted molar refractivity (Wildman–Crippen MR) is 176 cm³/mol. The molecule has 1 unspecified atom stereocenters. The molecule has 2 aromatic carbocycles. The minimum absolute atomic E-state index is 0.0363. The van der Waals surface area contributed by atoms with Crippen molar-refractivity contribution < 1.29 is 31.5 Å². The molecule has 3 N–H and O–H groups in total. The number of piperidine rings is 1. The fourth-order valence-corrected chi connectivity index (χ4v) is 8.63. The summed E-state index contributed by atoms with van der Waals surface area (Å²) in [6.45, 7) is 4.02. The Morgan fingerprint density at radius 1 is 1.11 bits per heavy atom. The normalized spacial score (nSPS) is 14.4. The standard InChI is InChI=1S/C31H32AsF2N5O5S2/c1-19-20(3-8-29(36-19)44-24-6-4-21(5-7-24)37-46(2,42)43)17-38-12-9-22(10-13-38)39(23-11-14-45-18-23)31(41)32-26-15-25(30(35)40)27(33)16-28(26)34/h3-8,11,14-16,18,22,32,37H,9-10,12-13,17H2,1-2H3,(H2,35,40). The van der Waals surface area contributed by atoms with Gasteiger partial charge in [0.1, 0.15) is 5.75 Å². The molecule has 4 aromatic rings. The van der Waals surface area contributed by atoms with Crippen LogP contribution in [0.15, 0.2) is 65.4 Å². The van der Waals surface area contributed by atoms with Gasteiger partial charge in [-0.05, 0) is 24.3 Å². The van der Waals surface area contributed by atoms with E-state index < -0.39 is 48.9 Å². The Hall–Kier alpha value is -3.84. The van der Waals surface area contributed by atoms with Crippen LogP contribution >= 0.6 is 11.3 Å². The number of nitrogens with zero attached hydrogens (tertiary/aromatic N) is 3. The Morgan fingerprint density at radius 3 is 2.43 bits per heavy atom. The van der Waals surface area contributed by atoms with E-state index in [9.17, 15) is 26.8 Å². The molecule has 2 amide bonds. The second kappa shape index (κ2) is 14.3. The van der Waals surface area contributed by atoms with E-state index in [2.05, 4.69) is 14.6 Å². The maximum atomic E-state index is 14.6. The van der Waals surface area contributed by atoms with Crippen molar-refractivity contribution in [3.63, 3.8) is 0 Å². The molecule has 0 bridgehead atoms. The van der Waals surface area contributed by atoms with E-state index in [0.29, 0.717) is 42.8 Å². The van der Waals surface area contributed by atoms with Crippen LogP contribution in [0.4, 0.5) is 25.0 Å². The van der Waals surface area contributed by atoms with Crippen molar-refractivity contribution in [2.45, 2.75) is 32.4 Å². The number of aromatic nitrogens is 1. The molecule has 1 aliphatic rings. The summed E-state index contributed by atoms with van der Waals surface area (Å²) < 4.78 is 59.5. The first-order valence-corrected chi connectivity index (χ1v) is 19.2. The van der Waals surface area contributed by atoms with E-state index in [1.807, 2.05) is 29.8 Å². The van der Waals surface area contributed by atoms with Gasteiger partial charge in [0.2, 0.25) is 10.0 Å². The molecule has 242 valence electrons. The molecule has 2 aromatic heterocycles. The number of nitrogens with two attached hydrogens (primary N) is 1. The third-order valence-corrected chi connectivity index (χ3v) is 11.0. The number of benzene rings is 2. The Labute approximate surface area is 276 Å². The Morgan fingerprint density at radius 2 is 1.83 bits per heavy atom. The van der Waals surface area contributed by atoms with Gasteiger partial charge < -0.3 is 0 Å². The Balaban J connectivity index is 1.21. The summed E-state index contributed by atoms with van der Waals surface area (Å²) in [5.41, 5.74) is 7.84. The topological polar surface area (TPSA) is 135 Å². The van der Waals surface area contributed by atoms with Crippen molar-refractivity contribution in [1.82, 2.24) is 9.88 Å². The third kappa shape index (κ3) is 8.49. The van der Waals surface area contributed by atoms with Crippen molar-refractivity contribution in [2.24, 2.45) is 5.73 Å². The number of thiophene rings is 1. The van der Waals surface area contributed by atoms with Crippen molar-refractivity contribution >= 4 is 63.4 Å². The van der Waals surface area contributed by atoms with Gasteiger partial charge in [-0.25, -0.2) is 8.42 Å². The van der Waals surface area contributed by atoms with Gasteiger partial charge in [0.15, 0.2) is 0 Å². The fourth-order valence-electron chi connectivity index (χ4n) is 5.19. The number of anilines is 2. The number of carbonyl (C=O) groups excluding carboxylic acids is 2. The molecular formula is C31H32AsF2N5O5S2. The summed E-state index contributed by atoms with van der Waals surface area (Å²) in [5, 5.41) is 3.76. The molecule has 10 nitrogen and oxygen atoms in total. The van der Waals surface area contributed by atoms with E-state index >= 15 is 0 Å². The second-order valence-electron chi connectivity index (χ2n) is 10.9. The third-order valence-electron chi connectivity index (χ3n) is 7.43. The summed E-state index contributed by atoms with van der Waals surface area (Å²) in [7, 11) is -3.37. The monoisotopic (exact) mass is 731 g/mol. The average Bonchev–Trinajstić information content (AvgIpc) is 3.51. The van der Waals surface area contributed by atoms with Gasteiger partial charge in [0, 0.05) is 5.69 Å². The molecule has 0 radical (unpaired) electrons. The first-order valence-electron chi connectivity index (χ1n) is 14.2. The Bertz CT molecular complexity index is 1830. The van der Waals surface area contributed by atoms with Crippen LogP contribution in [0.3, 0.4) is 0 Å². The van der Waals surface area contributed by atoms with Crippen LogP contribution in [-0.2, 0) is 16.6 Å². The van der Waals surface area contributed by atoms with Crippen LogP contribution < -0.4 is 24.4 Å². The molecule has 5 rings (SSSR count). The van der Waals surface area contributed by atoms with Gasteiger partial charge >= 0.3 is 212 Å². The number of hydrogen-bond acceptors (Lipinski definition) is 8. The molecule has 0 saturated carbocycles. The SMILES string of the molecule is Cc1nc(Oc2ccc(NS(C)(=O)=O)cc2)ccc1CN1CCC(N(C(=O)[AsH]c2cc(C(N)=O)c(F)cc2F)c2ccsc2)CC1. The van der Waals surface area contributed by atoms with E-state index in [0.717, 1.165) is 42.4 Å². The number of likely N-dealkylation sites (tertiary alicyclic amines) is 1. The second-order valence-corrected chi connectivity index (χ2v) is 15.9. The van der Waals surface area contributed by atoms with Crippen LogP contribution in [0.5, 0.6) is 11.6 Å². The van der Waals surface area contributed by atoms with Gasteiger partial charge in [0.05, 0.1) is 6.26 Å². The number of ether oxygens (including phenoxy) is 1. The van der Waals surface area contributed by atoms with Crippen LogP contribution in [0.1, 0.15) is 34.5 Å². The predicted octanol–water partition coefficient (Wildman–Crippen LogP) is 4.35. The van der Waals surface area contributed by atoms with Gasteiger partial charge in [-0.3, -0.25) is 4.72 Å². The summed E-state index contributed by atoms with van der Waals surface area (Å²) in [4.78, 5) is 33.9. The average molecular weight is 732 g/mol. The zero-order valence-corrected chi connectivity index (χ0v) is 28.7. The zero-order chi connectivity index (χ0) is 33.0. The molecule has 0 spiro atoms. The number of sulfonamides is 1. The molecule has 0 aliphatic carbocycles. The van der Waals surface area contributed by atoms with Crippen molar-refractivity contribution in [3.8, 4) is 11.6 Å². The van der Waals surface area contributed by atoms with Gasteiger partial charge in [-0.15, -0.1) is 0 Å². The molecular weight excluding hydrogens is 699 g/mol. The number of primary amides is 1. The number of nitrogens with one attached hydrogen (secondary N) is 1. The summed E-state index contributed by atoms with van der Waals surface area (Å²) in [5.74, 6) is -1.97. The first kappa shape index (κ1) is 33.5. The molecule has 15 heteroatoms. The quantitative estimate of drug-likeness (QED) is 0.219. The summed E-state index contributed by atoms with van der Waals surface area (Å²) in [6.07, 6.45) is 2.48. The van der Waals surface area contributed by atoms with Crippen LogP contribution in [0, 0.1) is 18.6 Å². The number of carbonyl (C=O) groups is 2. The molecule has 1 fully saturated rings. The van der Waals surface area contributed by atoms with Crippen LogP contribution in [0.2, 0.25) is 0 Å². The number of pyridine rings is 1.